The number of nitrogens with one attached hydrogen (secondary N) is 1. The van der Waals surface area contributed by atoms with Crippen LogP contribution in [0.25, 0.3) is 0 Å². The van der Waals surface area contributed by atoms with Gasteiger partial charge in [0, 0.05) is 18.6 Å². The molecule has 0 unspecified atom stereocenters. The fourth-order valence-electron chi connectivity index (χ4n) is 3.80. The maximum Gasteiger partial charge on any atom is 0.264 e. The van der Waals surface area contributed by atoms with Crippen molar-refractivity contribution in [2.24, 2.45) is 0 Å². The van der Waals surface area contributed by atoms with E-state index in [0.29, 0.717) is 5.02 Å². The minimum absolute atomic E-state index is 0.0467. The van der Waals surface area contributed by atoms with Gasteiger partial charge in [-0.2, -0.15) is 0 Å². The van der Waals surface area contributed by atoms with Crippen LogP contribution in [0.2, 0.25) is 5.02 Å². The second-order valence-electron chi connectivity index (χ2n) is 8.61. The minimum atomic E-state index is -4.12. The van der Waals surface area contributed by atoms with Crippen molar-refractivity contribution in [3.63, 3.8) is 0 Å². The van der Waals surface area contributed by atoms with Crippen LogP contribution in [0.15, 0.2) is 77.7 Å². The monoisotopic (exact) mass is 527 g/mol. The highest BCUT2D eigenvalue weighted by atomic mass is 35.5. The van der Waals surface area contributed by atoms with E-state index in [4.69, 9.17) is 11.6 Å². The van der Waals surface area contributed by atoms with Crippen molar-refractivity contribution in [1.29, 1.82) is 0 Å². The van der Waals surface area contributed by atoms with Gasteiger partial charge in [0.25, 0.3) is 10.0 Å². The third-order valence-corrected chi connectivity index (χ3v) is 7.86. The molecule has 1 atom stereocenters. The van der Waals surface area contributed by atoms with E-state index in [2.05, 4.69) is 5.32 Å². The maximum absolute atomic E-state index is 13.7. The lowest BCUT2D eigenvalue weighted by Crippen LogP contribution is -2.50. The molecular weight excluding hydrogens is 498 g/mol. The first kappa shape index (κ1) is 27.2. The number of hydrogen-bond donors (Lipinski definition) is 1. The molecule has 0 fully saturated rings. The Morgan fingerprint density at radius 1 is 0.944 bits per heavy atom. The quantitative estimate of drug-likeness (QED) is 0.449. The number of hydrogen-bond acceptors (Lipinski definition) is 4. The van der Waals surface area contributed by atoms with Crippen LogP contribution in [0, 0.1) is 13.8 Å². The summed E-state index contributed by atoms with van der Waals surface area (Å²) in [6, 6.07) is 19.5. The second-order valence-corrected chi connectivity index (χ2v) is 10.9. The summed E-state index contributed by atoms with van der Waals surface area (Å²) >= 11 is 6.17. The van der Waals surface area contributed by atoms with Gasteiger partial charge >= 0.3 is 0 Å². The molecule has 0 spiro atoms. The van der Waals surface area contributed by atoms with Gasteiger partial charge in [-0.15, -0.1) is 0 Å². The zero-order chi connectivity index (χ0) is 26.5. The van der Waals surface area contributed by atoms with E-state index < -0.39 is 28.5 Å². The first-order valence-corrected chi connectivity index (χ1v) is 13.3. The predicted octanol–water partition coefficient (Wildman–Crippen LogP) is 4.32. The van der Waals surface area contributed by atoms with Gasteiger partial charge in [0.05, 0.1) is 10.6 Å². The number of halogens is 1. The molecule has 0 radical (unpaired) electrons. The Hall–Kier alpha value is -3.36. The molecule has 0 saturated heterocycles. The summed E-state index contributed by atoms with van der Waals surface area (Å²) in [7, 11) is -2.63. The Bertz CT molecular complexity index is 1340. The van der Waals surface area contributed by atoms with Crippen LogP contribution in [-0.2, 0) is 26.2 Å². The van der Waals surface area contributed by atoms with Gasteiger partial charge < -0.3 is 10.2 Å². The van der Waals surface area contributed by atoms with Crippen LogP contribution >= 0.6 is 11.6 Å². The Balaban J connectivity index is 2.03. The molecule has 0 aliphatic rings. The number of nitrogens with zero attached hydrogens (tertiary/aromatic N) is 2. The second kappa shape index (κ2) is 11.6. The molecule has 0 aliphatic heterocycles. The molecule has 9 heteroatoms. The minimum Gasteiger partial charge on any atom is -0.357 e. The molecule has 3 aromatic carbocycles. The van der Waals surface area contributed by atoms with Gasteiger partial charge in [-0.3, -0.25) is 13.9 Å². The van der Waals surface area contributed by atoms with Crippen LogP contribution in [0.4, 0.5) is 5.69 Å². The van der Waals surface area contributed by atoms with E-state index >= 15 is 0 Å². The van der Waals surface area contributed by atoms with Gasteiger partial charge in [0.15, 0.2) is 0 Å². The highest BCUT2D eigenvalue weighted by molar-refractivity contribution is 7.92. The van der Waals surface area contributed by atoms with Crippen molar-refractivity contribution in [3.8, 4) is 0 Å². The first-order chi connectivity index (χ1) is 17.0. The first-order valence-electron chi connectivity index (χ1n) is 11.4. The van der Waals surface area contributed by atoms with E-state index in [-0.39, 0.29) is 23.0 Å². The SMILES string of the molecule is CNC(=O)[C@H](C)N(Cc1cccc(C)c1)C(=O)CN(c1cccc(Cl)c1)S(=O)(=O)c1ccc(C)cc1. The van der Waals surface area contributed by atoms with Crippen molar-refractivity contribution in [1.82, 2.24) is 10.2 Å². The van der Waals surface area contributed by atoms with Gasteiger partial charge in [0.1, 0.15) is 12.6 Å². The third kappa shape index (κ3) is 6.44. The van der Waals surface area contributed by atoms with Gasteiger partial charge in [-0.1, -0.05) is 65.2 Å². The number of sulfonamides is 1. The molecule has 0 heterocycles. The summed E-state index contributed by atoms with van der Waals surface area (Å²) in [4.78, 5) is 27.6. The molecule has 0 bridgehead atoms. The number of carbonyl (C=O) groups excluding carboxylic acids is 2. The highest BCUT2D eigenvalue weighted by Crippen LogP contribution is 2.27. The molecule has 3 rings (SSSR count). The average Bonchev–Trinajstić information content (AvgIpc) is 2.85. The molecule has 7 nitrogen and oxygen atoms in total. The lowest BCUT2D eigenvalue weighted by atomic mass is 10.1. The molecule has 190 valence electrons. The lowest BCUT2D eigenvalue weighted by Gasteiger charge is -2.32. The maximum atomic E-state index is 13.7. The molecule has 0 saturated carbocycles. The zero-order valence-corrected chi connectivity index (χ0v) is 22.3. The smallest absolute Gasteiger partial charge is 0.264 e. The van der Waals surface area contributed by atoms with E-state index in [1.165, 1.54) is 30.1 Å². The summed E-state index contributed by atoms with van der Waals surface area (Å²) < 4.78 is 28.5. The van der Waals surface area contributed by atoms with Crippen molar-refractivity contribution in [2.75, 3.05) is 17.9 Å². The summed E-state index contributed by atoms with van der Waals surface area (Å²) in [6.07, 6.45) is 0. The molecule has 1 N–H and O–H groups in total. The number of rotatable bonds is 9. The molecule has 2 amide bonds. The van der Waals surface area contributed by atoms with Crippen LogP contribution in [0.5, 0.6) is 0 Å². The summed E-state index contributed by atoms with van der Waals surface area (Å²) in [6.45, 7) is 5.04. The van der Waals surface area contributed by atoms with Gasteiger partial charge in [-0.25, -0.2) is 8.42 Å². The number of likely N-dealkylation sites (N-methyl/N-ethyl adjacent to an activating group) is 1. The topological polar surface area (TPSA) is 86.8 Å². The van der Waals surface area contributed by atoms with Crippen LogP contribution in [0.3, 0.4) is 0 Å². The van der Waals surface area contributed by atoms with E-state index in [0.717, 1.165) is 21.0 Å². The molecular formula is C27H30ClN3O4S. The number of anilines is 1. The van der Waals surface area contributed by atoms with E-state index in [9.17, 15) is 18.0 Å². The van der Waals surface area contributed by atoms with E-state index in [1.54, 1.807) is 37.3 Å². The van der Waals surface area contributed by atoms with Crippen molar-refractivity contribution < 1.29 is 18.0 Å². The molecule has 0 aromatic heterocycles. The molecule has 0 aliphatic carbocycles. The average molecular weight is 528 g/mol. The fraction of sp³-hybridized carbons (Fsp3) is 0.259. The van der Waals surface area contributed by atoms with Gasteiger partial charge in [0.2, 0.25) is 11.8 Å². The summed E-state index contributed by atoms with van der Waals surface area (Å²) in [5.41, 5.74) is 2.99. The highest BCUT2D eigenvalue weighted by Gasteiger charge is 2.32. The normalized spacial score (nSPS) is 12.0. The third-order valence-electron chi connectivity index (χ3n) is 5.83. The summed E-state index contributed by atoms with van der Waals surface area (Å²) in [5.74, 6) is -0.880. The largest absolute Gasteiger partial charge is 0.357 e. The number of amides is 2. The Labute approximate surface area is 217 Å². The fourth-order valence-corrected chi connectivity index (χ4v) is 5.39. The van der Waals surface area contributed by atoms with Crippen LogP contribution in [0.1, 0.15) is 23.6 Å². The molecule has 36 heavy (non-hydrogen) atoms. The van der Waals surface area contributed by atoms with Crippen molar-refractivity contribution >= 4 is 39.1 Å². The Morgan fingerprint density at radius 2 is 1.61 bits per heavy atom. The summed E-state index contributed by atoms with van der Waals surface area (Å²) in [5, 5.41) is 2.90. The number of benzene rings is 3. The molecule has 3 aromatic rings. The Kier molecular flexibility index (Phi) is 8.76. The number of aryl methyl sites for hydroxylation is 2. The van der Waals surface area contributed by atoms with Crippen molar-refractivity contribution in [2.45, 2.75) is 38.3 Å². The lowest BCUT2D eigenvalue weighted by molar-refractivity contribution is -0.139. The predicted molar refractivity (Wildman–Crippen MR) is 142 cm³/mol. The zero-order valence-electron chi connectivity index (χ0n) is 20.7. The Morgan fingerprint density at radius 3 is 2.22 bits per heavy atom. The van der Waals surface area contributed by atoms with Crippen LogP contribution < -0.4 is 9.62 Å². The van der Waals surface area contributed by atoms with Crippen LogP contribution in [-0.4, -0.2) is 44.8 Å². The van der Waals surface area contributed by atoms with E-state index in [1.807, 2.05) is 38.1 Å². The van der Waals surface area contributed by atoms with Gasteiger partial charge in [-0.05, 0) is 56.7 Å². The standard InChI is InChI=1S/C27H30ClN3O4S/c1-19-11-13-25(14-12-19)36(34,35)31(24-10-6-9-23(28)16-24)18-26(32)30(21(3)27(33)29-4)17-22-8-5-7-20(2)15-22/h5-16,21H,17-18H2,1-4H3,(H,29,33)/t21-/m0/s1. The van der Waals surface area contributed by atoms with Crippen molar-refractivity contribution in [3.05, 3.63) is 94.5 Å². The number of carbonyl (C=O) groups is 2.